The predicted octanol–water partition coefficient (Wildman–Crippen LogP) is 4.15. The van der Waals surface area contributed by atoms with Crippen molar-refractivity contribution in [1.82, 2.24) is 0 Å². The van der Waals surface area contributed by atoms with Crippen LogP contribution in [0.1, 0.15) is 11.1 Å². The second kappa shape index (κ2) is 5.93. The van der Waals surface area contributed by atoms with E-state index in [1.165, 1.54) is 38.7 Å². The number of hydrogen-bond acceptors (Lipinski definition) is 0. The molecule has 1 aromatic heterocycles. The number of benzene rings is 2. The van der Waals surface area contributed by atoms with Crippen LogP contribution < -0.4 is 9.46 Å². The van der Waals surface area contributed by atoms with Crippen LogP contribution in [0, 0.1) is 13.6 Å². The Labute approximate surface area is 142 Å². The Morgan fingerprint density at radius 1 is 0.958 bits per heavy atom. The molecule has 0 radical (unpaired) electrons. The van der Waals surface area contributed by atoms with Crippen LogP contribution in [0.5, 0.6) is 0 Å². The maximum absolute atomic E-state index is 4.21. The second-order valence-corrected chi connectivity index (χ2v) is 6.26. The Balaban J connectivity index is 1.89. The first kappa shape index (κ1) is 14.6. The van der Waals surface area contributed by atoms with Crippen LogP contribution in [0.3, 0.4) is 0 Å². The summed E-state index contributed by atoms with van der Waals surface area (Å²) in [7, 11) is 0. The van der Waals surface area contributed by atoms with Crippen LogP contribution in [-0.4, -0.2) is 0 Å². The van der Waals surface area contributed by atoms with Crippen molar-refractivity contribution in [2.45, 2.75) is 13.3 Å². The molecule has 0 bridgehead atoms. The molecule has 116 valence electrons. The smallest absolute Gasteiger partial charge is 0.173 e. The second-order valence-electron chi connectivity index (χ2n) is 6.26. The third-order valence-corrected chi connectivity index (χ3v) is 4.68. The zero-order valence-electron chi connectivity index (χ0n) is 13.9. The number of hydrogen-bond donors (Lipinski definition) is 0. The molecule has 4 rings (SSSR count). The summed E-state index contributed by atoms with van der Waals surface area (Å²) in [5.74, 6) is 0. The Kier molecular flexibility index (Phi) is 3.62. The number of fused-ring (bicyclic) bond motifs is 1. The minimum atomic E-state index is 0.956. The molecule has 0 atom stereocenters. The first-order chi connectivity index (χ1) is 11.7. The van der Waals surface area contributed by atoms with E-state index in [9.17, 15) is 0 Å². The molecule has 1 nitrogen and oxygen atoms in total. The molecule has 24 heavy (non-hydrogen) atoms. The van der Waals surface area contributed by atoms with Crippen LogP contribution in [0.4, 0.5) is 0 Å². The summed E-state index contributed by atoms with van der Waals surface area (Å²) in [5.41, 5.74) is 7.60. The average molecular weight is 310 g/mol. The number of aryl methyl sites for hydroxylation is 1. The Bertz CT molecular complexity index is 1040. The fraction of sp³-hybridized carbons (Fsp3) is 0.0870. The standard InChI is InChI=1S/C23H20N/c1-17-16-20(18-8-4-3-5-9-18)12-13-21(17)23-22-11-7-6-10-19(22)14-15-24(23)2/h3-10,12-16H,2,11H2,1H3/q+1. The van der Waals surface area contributed by atoms with E-state index in [-0.39, 0.29) is 0 Å². The lowest BCUT2D eigenvalue weighted by Gasteiger charge is -2.10. The largest absolute Gasteiger partial charge is 0.221 e. The SMILES string of the molecule is C=[n+]1ccc2c(c1-c1ccc(-c3ccccc3)cc1C)CC=CC=2. The first-order valence-electron chi connectivity index (χ1n) is 8.29. The quantitative estimate of drug-likeness (QED) is 0.627. The van der Waals surface area contributed by atoms with E-state index in [2.05, 4.69) is 86.5 Å². The molecule has 0 saturated heterocycles. The predicted molar refractivity (Wildman–Crippen MR) is 99.9 cm³/mol. The highest BCUT2D eigenvalue weighted by atomic mass is 14.8. The molecular formula is C23H20N+. The van der Waals surface area contributed by atoms with Crippen molar-refractivity contribution >= 4 is 6.08 Å². The van der Waals surface area contributed by atoms with Gasteiger partial charge in [-0.2, -0.15) is 4.24 Å². The van der Waals surface area contributed by atoms with Gasteiger partial charge < -0.3 is 0 Å². The molecule has 0 fully saturated rings. The minimum absolute atomic E-state index is 0.956. The maximum Gasteiger partial charge on any atom is 0.221 e. The molecule has 1 heteroatoms. The Hall–Kier alpha value is -2.93. The molecular weight excluding hydrogens is 290 g/mol. The summed E-state index contributed by atoms with van der Waals surface area (Å²) in [6, 6.07) is 19.4. The van der Waals surface area contributed by atoms with E-state index < -0.39 is 0 Å². The monoisotopic (exact) mass is 310 g/mol. The molecule has 3 aromatic rings. The van der Waals surface area contributed by atoms with Crippen molar-refractivity contribution in [3.63, 3.8) is 0 Å². The summed E-state index contributed by atoms with van der Waals surface area (Å²) in [6.45, 7) is 6.39. The number of allylic oxidation sites excluding steroid dienone is 2. The van der Waals surface area contributed by atoms with Crippen molar-refractivity contribution in [3.05, 3.63) is 96.0 Å². The van der Waals surface area contributed by atoms with Gasteiger partial charge in [-0.15, -0.1) is 0 Å². The van der Waals surface area contributed by atoms with E-state index in [0.717, 1.165) is 6.42 Å². The van der Waals surface area contributed by atoms with Gasteiger partial charge in [-0.3, -0.25) is 0 Å². The van der Waals surface area contributed by atoms with E-state index in [0.29, 0.717) is 0 Å². The summed E-state index contributed by atoms with van der Waals surface area (Å²) >= 11 is 0. The van der Waals surface area contributed by atoms with Gasteiger partial charge in [-0.25, -0.2) is 0 Å². The van der Waals surface area contributed by atoms with Crippen molar-refractivity contribution < 1.29 is 4.24 Å². The van der Waals surface area contributed by atoms with Crippen LogP contribution in [0.15, 0.2) is 72.9 Å². The van der Waals surface area contributed by atoms with E-state index in [1.807, 2.05) is 10.4 Å². The van der Waals surface area contributed by atoms with Crippen molar-refractivity contribution in [1.29, 1.82) is 0 Å². The molecule has 0 aliphatic heterocycles. The van der Waals surface area contributed by atoms with Gasteiger partial charge in [0.1, 0.15) is 6.72 Å². The minimum Gasteiger partial charge on any atom is -0.173 e. The zero-order chi connectivity index (χ0) is 16.5. The fourth-order valence-electron chi connectivity index (χ4n) is 3.44. The van der Waals surface area contributed by atoms with Gasteiger partial charge in [0.25, 0.3) is 0 Å². The van der Waals surface area contributed by atoms with Gasteiger partial charge in [-0.05, 0) is 41.3 Å². The van der Waals surface area contributed by atoms with Gasteiger partial charge in [0.15, 0.2) is 6.20 Å². The van der Waals surface area contributed by atoms with Crippen molar-refractivity contribution in [2.24, 2.45) is 0 Å². The fourth-order valence-corrected chi connectivity index (χ4v) is 3.44. The number of nitrogens with zero attached hydrogens (tertiary/aromatic N) is 1. The molecule has 0 amide bonds. The van der Waals surface area contributed by atoms with Crippen molar-refractivity contribution in [2.75, 3.05) is 0 Å². The zero-order valence-corrected chi connectivity index (χ0v) is 13.9. The summed E-state index contributed by atoms with van der Waals surface area (Å²) < 4.78 is 2.00. The third-order valence-electron chi connectivity index (χ3n) is 4.68. The van der Waals surface area contributed by atoms with Gasteiger partial charge in [0, 0.05) is 17.2 Å². The lowest BCUT2D eigenvalue weighted by molar-refractivity contribution is -0.486. The normalized spacial score (nSPS) is 12.5. The average Bonchev–Trinajstić information content (AvgIpc) is 2.63. The van der Waals surface area contributed by atoms with Crippen LogP contribution in [-0.2, 0) is 6.42 Å². The molecule has 1 aliphatic rings. The van der Waals surface area contributed by atoms with Gasteiger partial charge in [0.05, 0.1) is 0 Å². The first-order valence-corrected chi connectivity index (χ1v) is 8.29. The van der Waals surface area contributed by atoms with Crippen molar-refractivity contribution in [3.8, 4) is 22.4 Å². The number of aromatic nitrogens is 1. The van der Waals surface area contributed by atoms with Crippen LogP contribution in [0.2, 0.25) is 0 Å². The summed E-state index contributed by atoms with van der Waals surface area (Å²) in [4.78, 5) is 0. The van der Waals surface area contributed by atoms with Crippen LogP contribution >= 0.6 is 0 Å². The lowest BCUT2D eigenvalue weighted by atomic mass is 9.93. The van der Waals surface area contributed by atoms with E-state index in [1.54, 1.807) is 0 Å². The van der Waals surface area contributed by atoms with Gasteiger partial charge in [0.2, 0.25) is 5.69 Å². The highest BCUT2D eigenvalue weighted by Gasteiger charge is 2.18. The Morgan fingerprint density at radius 2 is 1.79 bits per heavy atom. The highest BCUT2D eigenvalue weighted by Crippen LogP contribution is 2.28. The third kappa shape index (κ3) is 2.48. The lowest BCUT2D eigenvalue weighted by Crippen LogP contribution is -2.26. The number of rotatable bonds is 2. The van der Waals surface area contributed by atoms with E-state index in [4.69, 9.17) is 0 Å². The molecule has 1 aliphatic carbocycles. The number of pyridine rings is 1. The molecule has 1 heterocycles. The van der Waals surface area contributed by atoms with Crippen LogP contribution in [0.25, 0.3) is 28.5 Å². The topological polar surface area (TPSA) is 5.90 Å². The molecule has 2 aromatic carbocycles. The summed E-state index contributed by atoms with van der Waals surface area (Å²) in [6.07, 6.45) is 9.52. The molecule has 0 N–H and O–H groups in total. The molecule has 0 spiro atoms. The summed E-state index contributed by atoms with van der Waals surface area (Å²) in [5, 5.41) is 1.29. The maximum atomic E-state index is 4.21. The van der Waals surface area contributed by atoms with E-state index >= 15 is 0 Å². The molecule has 0 saturated carbocycles. The van der Waals surface area contributed by atoms with Gasteiger partial charge >= 0.3 is 0 Å². The Morgan fingerprint density at radius 3 is 2.58 bits per heavy atom. The molecule has 0 unspecified atom stereocenters. The van der Waals surface area contributed by atoms with Gasteiger partial charge in [-0.1, -0.05) is 60.7 Å². The highest BCUT2D eigenvalue weighted by molar-refractivity contribution is 5.72.